The van der Waals surface area contributed by atoms with Crippen LogP contribution in [0.5, 0.6) is 0 Å². The first-order chi connectivity index (χ1) is 10.5. The lowest BCUT2D eigenvalue weighted by Gasteiger charge is -2.20. The zero-order valence-corrected chi connectivity index (χ0v) is 12.6. The second kappa shape index (κ2) is 7.46. The van der Waals surface area contributed by atoms with Crippen molar-refractivity contribution in [3.05, 3.63) is 29.3 Å². The summed E-state index contributed by atoms with van der Waals surface area (Å²) in [5, 5.41) is 0.278. The molecule has 1 saturated heterocycles. The molecule has 1 aromatic rings. The van der Waals surface area contributed by atoms with E-state index >= 15 is 0 Å². The van der Waals surface area contributed by atoms with Gasteiger partial charge in [-0.2, -0.15) is 4.99 Å². The summed E-state index contributed by atoms with van der Waals surface area (Å²) in [6.45, 7) is 1.12. The first-order valence-electron chi connectivity index (χ1n) is 6.45. The Morgan fingerprint density at radius 1 is 1.50 bits per heavy atom. The van der Waals surface area contributed by atoms with Crippen molar-refractivity contribution >= 4 is 34.9 Å². The van der Waals surface area contributed by atoms with Gasteiger partial charge in [-0.05, 0) is 18.6 Å². The van der Waals surface area contributed by atoms with E-state index in [4.69, 9.17) is 4.74 Å². The Morgan fingerprint density at radius 3 is 2.95 bits per heavy atom. The van der Waals surface area contributed by atoms with Crippen LogP contribution in [0.25, 0.3) is 0 Å². The van der Waals surface area contributed by atoms with Crippen molar-refractivity contribution < 1.29 is 23.1 Å². The van der Waals surface area contributed by atoms with E-state index in [-0.39, 0.29) is 23.4 Å². The number of aryl methyl sites for hydroxylation is 1. The van der Waals surface area contributed by atoms with Crippen LogP contribution < -0.4 is 4.90 Å². The highest BCUT2D eigenvalue weighted by Gasteiger charge is 2.31. The van der Waals surface area contributed by atoms with Crippen LogP contribution in [-0.2, 0) is 20.9 Å². The number of amidine groups is 1. The zero-order chi connectivity index (χ0) is 16.1. The van der Waals surface area contributed by atoms with Crippen LogP contribution >= 0.6 is 11.8 Å². The Bertz CT molecular complexity index is 608. The fraction of sp³-hybridized carbons (Fsp3) is 0.357. The SMILES string of the molecule is Cc1ccc(COCC(F)F)c(N2C(=O)CSC2=NC=O)c1. The number of ether oxygens (including phenoxy) is 1. The third-order valence-electron chi connectivity index (χ3n) is 2.91. The van der Waals surface area contributed by atoms with Gasteiger partial charge in [0.25, 0.3) is 6.43 Å². The summed E-state index contributed by atoms with van der Waals surface area (Å²) in [6.07, 6.45) is -2.18. The second-order valence-corrected chi connectivity index (χ2v) is 5.52. The number of aliphatic imine (C=N–C) groups is 1. The normalized spacial score (nSPS) is 16.8. The first-order valence-corrected chi connectivity index (χ1v) is 7.44. The summed E-state index contributed by atoms with van der Waals surface area (Å²) in [5.41, 5.74) is 1.98. The van der Waals surface area contributed by atoms with Gasteiger partial charge in [0.05, 0.1) is 18.0 Å². The van der Waals surface area contributed by atoms with Crippen LogP contribution in [0.3, 0.4) is 0 Å². The van der Waals surface area contributed by atoms with E-state index in [1.807, 2.05) is 6.92 Å². The predicted molar refractivity (Wildman–Crippen MR) is 80.3 cm³/mol. The Kier molecular flexibility index (Phi) is 5.62. The molecule has 0 aromatic heterocycles. The molecule has 5 nitrogen and oxygen atoms in total. The summed E-state index contributed by atoms with van der Waals surface area (Å²) >= 11 is 1.16. The molecular formula is C14H14F2N2O3S. The molecule has 0 radical (unpaired) electrons. The van der Waals surface area contributed by atoms with Crippen LogP contribution in [0.1, 0.15) is 11.1 Å². The van der Waals surface area contributed by atoms with Gasteiger partial charge in [0.2, 0.25) is 12.3 Å². The monoisotopic (exact) mass is 328 g/mol. The minimum absolute atomic E-state index is 0.0528. The minimum atomic E-state index is -2.55. The molecule has 0 aliphatic carbocycles. The van der Waals surface area contributed by atoms with E-state index in [0.29, 0.717) is 17.7 Å². The van der Waals surface area contributed by atoms with Gasteiger partial charge in [-0.25, -0.2) is 8.78 Å². The number of hydrogen-bond acceptors (Lipinski definition) is 4. The molecule has 0 spiro atoms. The van der Waals surface area contributed by atoms with Crippen LogP contribution in [0.2, 0.25) is 0 Å². The van der Waals surface area contributed by atoms with Crippen LogP contribution in [0.15, 0.2) is 23.2 Å². The Labute approximate surface area is 130 Å². The number of nitrogens with zero attached hydrogens (tertiary/aromatic N) is 2. The maximum absolute atomic E-state index is 12.2. The number of halogens is 2. The van der Waals surface area contributed by atoms with Crippen molar-refractivity contribution in [2.24, 2.45) is 4.99 Å². The van der Waals surface area contributed by atoms with Crippen molar-refractivity contribution in [1.29, 1.82) is 0 Å². The van der Waals surface area contributed by atoms with E-state index in [0.717, 1.165) is 17.3 Å². The highest BCUT2D eigenvalue weighted by molar-refractivity contribution is 8.15. The van der Waals surface area contributed by atoms with Gasteiger partial charge in [-0.1, -0.05) is 23.9 Å². The van der Waals surface area contributed by atoms with Gasteiger partial charge in [-0.3, -0.25) is 14.5 Å². The Morgan fingerprint density at radius 2 is 2.27 bits per heavy atom. The maximum atomic E-state index is 12.2. The van der Waals surface area contributed by atoms with Crippen LogP contribution in [0.4, 0.5) is 14.5 Å². The number of alkyl halides is 2. The molecule has 0 saturated carbocycles. The zero-order valence-electron chi connectivity index (χ0n) is 11.8. The maximum Gasteiger partial charge on any atom is 0.261 e. The van der Waals surface area contributed by atoms with Gasteiger partial charge in [0, 0.05) is 5.56 Å². The molecule has 22 heavy (non-hydrogen) atoms. The molecule has 2 amide bonds. The second-order valence-electron chi connectivity index (χ2n) is 4.57. The quantitative estimate of drug-likeness (QED) is 0.752. The van der Waals surface area contributed by atoms with Crippen molar-refractivity contribution in [2.75, 3.05) is 17.3 Å². The summed E-state index contributed by atoms with van der Waals surface area (Å²) in [4.78, 5) is 27.6. The molecule has 118 valence electrons. The van der Waals surface area contributed by atoms with E-state index < -0.39 is 13.0 Å². The molecule has 1 aliphatic rings. The molecule has 1 fully saturated rings. The third-order valence-corrected chi connectivity index (χ3v) is 3.85. The van der Waals surface area contributed by atoms with E-state index in [9.17, 15) is 18.4 Å². The lowest BCUT2D eigenvalue weighted by atomic mass is 10.1. The number of anilines is 1. The van der Waals surface area contributed by atoms with Crippen molar-refractivity contribution in [2.45, 2.75) is 20.0 Å². The fourth-order valence-corrected chi connectivity index (χ4v) is 2.83. The molecule has 0 unspecified atom stereocenters. The first kappa shape index (κ1) is 16.6. The number of amides is 2. The highest BCUT2D eigenvalue weighted by Crippen LogP contribution is 2.31. The Balaban J connectivity index is 2.31. The van der Waals surface area contributed by atoms with Crippen molar-refractivity contribution in [3.63, 3.8) is 0 Å². The van der Waals surface area contributed by atoms with Gasteiger partial charge >= 0.3 is 0 Å². The Hall–Kier alpha value is -1.80. The number of benzene rings is 1. The third kappa shape index (κ3) is 3.89. The number of rotatable bonds is 6. The summed E-state index contributed by atoms with van der Waals surface area (Å²) < 4.78 is 29.3. The van der Waals surface area contributed by atoms with Crippen LogP contribution in [-0.4, -0.2) is 36.3 Å². The molecule has 1 heterocycles. The fourth-order valence-electron chi connectivity index (χ4n) is 2.00. The van der Waals surface area contributed by atoms with E-state index in [1.54, 1.807) is 18.2 Å². The number of carbonyl (C=O) groups is 2. The number of thioether (sulfide) groups is 1. The van der Waals surface area contributed by atoms with Crippen molar-refractivity contribution in [3.8, 4) is 0 Å². The topological polar surface area (TPSA) is 59.0 Å². The largest absolute Gasteiger partial charge is 0.371 e. The minimum Gasteiger partial charge on any atom is -0.371 e. The lowest BCUT2D eigenvalue weighted by Crippen LogP contribution is -2.30. The lowest BCUT2D eigenvalue weighted by molar-refractivity contribution is -0.115. The standard InChI is InChI=1S/C14H14F2N2O3S/c1-9-2-3-10(5-21-6-12(15)16)11(4-9)18-13(20)7-22-14(18)17-8-19/h2-4,8,12H,5-7H2,1H3. The summed E-state index contributed by atoms with van der Waals surface area (Å²) in [7, 11) is 0. The molecule has 1 aliphatic heterocycles. The molecule has 8 heteroatoms. The van der Waals surface area contributed by atoms with Gasteiger partial charge in [0.1, 0.15) is 6.61 Å². The number of hydrogen-bond donors (Lipinski definition) is 0. The predicted octanol–water partition coefficient (Wildman–Crippen LogP) is 2.37. The molecule has 0 bridgehead atoms. The average Bonchev–Trinajstić information content (AvgIpc) is 2.81. The average molecular weight is 328 g/mol. The van der Waals surface area contributed by atoms with Crippen LogP contribution in [0, 0.1) is 6.92 Å². The molecule has 2 rings (SSSR count). The summed E-state index contributed by atoms with van der Waals surface area (Å²) in [6, 6.07) is 5.25. The molecular weight excluding hydrogens is 314 g/mol. The van der Waals surface area contributed by atoms with Crippen molar-refractivity contribution in [1.82, 2.24) is 0 Å². The van der Waals surface area contributed by atoms with E-state index in [1.165, 1.54) is 4.90 Å². The van der Waals surface area contributed by atoms with E-state index in [2.05, 4.69) is 4.99 Å². The van der Waals surface area contributed by atoms with Gasteiger partial charge in [0.15, 0.2) is 5.17 Å². The number of carbonyl (C=O) groups excluding carboxylic acids is 2. The summed E-state index contributed by atoms with van der Waals surface area (Å²) in [5.74, 6) is -0.0379. The van der Waals surface area contributed by atoms with Gasteiger partial charge < -0.3 is 4.74 Å². The molecule has 0 atom stereocenters. The molecule has 1 aromatic carbocycles. The highest BCUT2D eigenvalue weighted by atomic mass is 32.2. The van der Waals surface area contributed by atoms with Gasteiger partial charge in [-0.15, -0.1) is 0 Å². The smallest absolute Gasteiger partial charge is 0.261 e. The molecule has 0 N–H and O–H groups in total.